The van der Waals surface area contributed by atoms with E-state index >= 15 is 0 Å². The molecule has 2 aromatic carbocycles. The summed E-state index contributed by atoms with van der Waals surface area (Å²) < 4.78 is 16.8. The minimum absolute atomic E-state index is 0.0464. The van der Waals surface area contributed by atoms with Crippen LogP contribution in [-0.2, 0) is 4.74 Å². The van der Waals surface area contributed by atoms with Gasteiger partial charge in [0.1, 0.15) is 30.0 Å². The fourth-order valence-electron chi connectivity index (χ4n) is 1.86. The first-order chi connectivity index (χ1) is 10.8. The highest BCUT2D eigenvalue weighted by atomic mass is 16.5. The van der Waals surface area contributed by atoms with Gasteiger partial charge in [-0.15, -0.1) is 0 Å². The number of ether oxygens (including phenoxy) is 3. The molecule has 2 rings (SSSR count). The Bertz CT molecular complexity index is 525. The second-order valence-corrected chi connectivity index (χ2v) is 4.87. The van der Waals surface area contributed by atoms with Crippen molar-refractivity contribution >= 4 is 0 Å². The van der Waals surface area contributed by atoms with Crippen molar-refractivity contribution in [3.63, 3.8) is 0 Å². The van der Waals surface area contributed by atoms with Crippen LogP contribution in [0.3, 0.4) is 0 Å². The third kappa shape index (κ3) is 5.39. The molecule has 0 aliphatic carbocycles. The van der Waals surface area contributed by atoms with Crippen molar-refractivity contribution < 1.29 is 19.3 Å². The van der Waals surface area contributed by atoms with E-state index in [1.165, 1.54) is 0 Å². The Balaban J connectivity index is 1.83. The number of aliphatic hydroxyl groups is 1. The summed E-state index contributed by atoms with van der Waals surface area (Å²) in [5, 5.41) is 9.21. The molecule has 2 aromatic rings. The largest absolute Gasteiger partial charge is 0.491 e. The molecule has 0 radical (unpaired) electrons. The molecule has 0 bridgehead atoms. The molecule has 0 amide bonds. The van der Waals surface area contributed by atoms with Gasteiger partial charge in [0.15, 0.2) is 0 Å². The Labute approximate surface area is 131 Å². The molecule has 4 heteroatoms. The zero-order valence-corrected chi connectivity index (χ0v) is 12.8. The van der Waals surface area contributed by atoms with Crippen LogP contribution in [0.4, 0.5) is 0 Å². The van der Waals surface area contributed by atoms with Crippen molar-refractivity contribution in [2.75, 3.05) is 19.8 Å². The smallest absolute Gasteiger partial charge is 0.127 e. The summed E-state index contributed by atoms with van der Waals surface area (Å²) in [4.78, 5) is 0. The average molecular weight is 302 g/mol. The zero-order valence-electron chi connectivity index (χ0n) is 12.8. The van der Waals surface area contributed by atoms with Crippen LogP contribution >= 0.6 is 0 Å². The van der Waals surface area contributed by atoms with Crippen molar-refractivity contribution in [2.45, 2.75) is 19.4 Å². The van der Waals surface area contributed by atoms with Gasteiger partial charge in [-0.1, -0.05) is 25.1 Å². The first-order valence-electron chi connectivity index (χ1n) is 7.50. The van der Waals surface area contributed by atoms with E-state index in [2.05, 4.69) is 0 Å². The maximum Gasteiger partial charge on any atom is 0.127 e. The molecule has 0 aliphatic heterocycles. The average Bonchev–Trinajstić information content (AvgIpc) is 2.57. The summed E-state index contributed by atoms with van der Waals surface area (Å²) in [5.74, 6) is 2.27. The molecule has 4 nitrogen and oxygen atoms in total. The third-order valence-electron chi connectivity index (χ3n) is 3.00. The molecule has 22 heavy (non-hydrogen) atoms. The minimum Gasteiger partial charge on any atom is -0.491 e. The molecular formula is C18H22O4. The summed E-state index contributed by atoms with van der Waals surface area (Å²) >= 11 is 0. The van der Waals surface area contributed by atoms with Crippen LogP contribution in [-0.4, -0.2) is 31.0 Å². The maximum absolute atomic E-state index is 9.21. The summed E-state index contributed by atoms with van der Waals surface area (Å²) in [6.07, 6.45) is 0.627. The van der Waals surface area contributed by atoms with Gasteiger partial charge in [-0.25, -0.2) is 0 Å². The quantitative estimate of drug-likeness (QED) is 0.768. The molecule has 0 aliphatic rings. The minimum atomic E-state index is -0.291. The van der Waals surface area contributed by atoms with Gasteiger partial charge in [0.25, 0.3) is 0 Å². The van der Waals surface area contributed by atoms with E-state index in [1.807, 2.05) is 61.5 Å². The molecule has 1 atom stereocenters. The number of para-hydroxylation sites is 1. The van der Waals surface area contributed by atoms with E-state index in [0.717, 1.165) is 23.7 Å². The lowest BCUT2D eigenvalue weighted by molar-refractivity contribution is -0.0132. The van der Waals surface area contributed by atoms with Crippen LogP contribution in [0.15, 0.2) is 54.6 Å². The Kier molecular flexibility index (Phi) is 6.74. The van der Waals surface area contributed by atoms with Crippen molar-refractivity contribution in [3.8, 4) is 17.2 Å². The van der Waals surface area contributed by atoms with Gasteiger partial charge >= 0.3 is 0 Å². The van der Waals surface area contributed by atoms with Crippen LogP contribution < -0.4 is 9.47 Å². The monoisotopic (exact) mass is 302 g/mol. The Morgan fingerprint density at radius 1 is 0.909 bits per heavy atom. The first-order valence-corrected chi connectivity index (χ1v) is 7.50. The molecule has 0 saturated heterocycles. The summed E-state index contributed by atoms with van der Waals surface area (Å²) in [5.41, 5.74) is 0. The molecular weight excluding hydrogens is 280 g/mol. The number of rotatable bonds is 9. The van der Waals surface area contributed by atoms with E-state index in [-0.39, 0.29) is 12.7 Å². The highest BCUT2D eigenvalue weighted by Gasteiger charge is 2.08. The van der Waals surface area contributed by atoms with E-state index < -0.39 is 0 Å². The van der Waals surface area contributed by atoms with Crippen molar-refractivity contribution in [3.05, 3.63) is 54.6 Å². The second kappa shape index (κ2) is 9.07. The van der Waals surface area contributed by atoms with Crippen molar-refractivity contribution in [1.82, 2.24) is 0 Å². The molecule has 0 fully saturated rings. The zero-order chi connectivity index (χ0) is 15.6. The molecule has 0 aromatic heterocycles. The normalized spacial score (nSPS) is 11.9. The highest BCUT2D eigenvalue weighted by molar-refractivity contribution is 5.35. The van der Waals surface area contributed by atoms with Crippen LogP contribution in [0.2, 0.25) is 0 Å². The summed E-state index contributed by atoms with van der Waals surface area (Å²) in [6.45, 7) is 2.93. The van der Waals surface area contributed by atoms with Gasteiger partial charge in [0.05, 0.1) is 6.61 Å². The van der Waals surface area contributed by atoms with Gasteiger partial charge in [0, 0.05) is 6.61 Å². The maximum atomic E-state index is 9.21. The van der Waals surface area contributed by atoms with Gasteiger partial charge in [-0.2, -0.15) is 0 Å². The predicted molar refractivity (Wildman–Crippen MR) is 85.6 cm³/mol. The van der Waals surface area contributed by atoms with Crippen LogP contribution in [0.5, 0.6) is 17.2 Å². The Morgan fingerprint density at radius 2 is 1.55 bits per heavy atom. The highest BCUT2D eigenvalue weighted by Crippen LogP contribution is 2.23. The van der Waals surface area contributed by atoms with Crippen LogP contribution in [0.25, 0.3) is 0 Å². The standard InChI is InChI=1S/C18H22O4/c1-2-12-20-18(13-19)14-21-15-8-10-17(11-9-15)22-16-6-4-3-5-7-16/h3-11,18-19H,2,12-14H2,1H3. The summed E-state index contributed by atoms with van der Waals surface area (Å²) in [7, 11) is 0. The van der Waals surface area contributed by atoms with E-state index in [4.69, 9.17) is 14.2 Å². The lowest BCUT2D eigenvalue weighted by Crippen LogP contribution is -2.26. The number of benzene rings is 2. The van der Waals surface area contributed by atoms with E-state index in [1.54, 1.807) is 0 Å². The first kappa shape index (κ1) is 16.3. The van der Waals surface area contributed by atoms with Gasteiger partial charge < -0.3 is 19.3 Å². The molecule has 1 N–H and O–H groups in total. The van der Waals surface area contributed by atoms with E-state index in [9.17, 15) is 5.11 Å². The fourth-order valence-corrected chi connectivity index (χ4v) is 1.86. The van der Waals surface area contributed by atoms with Gasteiger partial charge in [-0.05, 0) is 42.8 Å². The molecule has 0 spiro atoms. The van der Waals surface area contributed by atoms with Crippen molar-refractivity contribution in [1.29, 1.82) is 0 Å². The number of hydrogen-bond acceptors (Lipinski definition) is 4. The number of aliphatic hydroxyl groups excluding tert-OH is 1. The SMILES string of the molecule is CCCOC(CO)COc1ccc(Oc2ccccc2)cc1. The Morgan fingerprint density at radius 3 is 2.18 bits per heavy atom. The van der Waals surface area contributed by atoms with Crippen LogP contribution in [0.1, 0.15) is 13.3 Å². The van der Waals surface area contributed by atoms with Crippen molar-refractivity contribution in [2.24, 2.45) is 0 Å². The van der Waals surface area contributed by atoms with Crippen LogP contribution in [0, 0.1) is 0 Å². The fraction of sp³-hybridized carbons (Fsp3) is 0.333. The predicted octanol–water partition coefficient (Wildman–Crippen LogP) is 3.65. The molecule has 0 heterocycles. The third-order valence-corrected chi connectivity index (χ3v) is 3.00. The molecule has 118 valence electrons. The molecule has 0 saturated carbocycles. The molecule has 1 unspecified atom stereocenters. The topological polar surface area (TPSA) is 47.9 Å². The van der Waals surface area contributed by atoms with E-state index in [0.29, 0.717) is 13.2 Å². The van der Waals surface area contributed by atoms with Gasteiger partial charge in [0.2, 0.25) is 0 Å². The van der Waals surface area contributed by atoms with Gasteiger partial charge in [-0.3, -0.25) is 0 Å². The Hall–Kier alpha value is -2.04. The second-order valence-electron chi connectivity index (χ2n) is 4.87. The summed E-state index contributed by atoms with van der Waals surface area (Å²) in [6, 6.07) is 17.0. The number of hydrogen-bond donors (Lipinski definition) is 1. The lowest BCUT2D eigenvalue weighted by Gasteiger charge is -2.16. The lowest BCUT2D eigenvalue weighted by atomic mass is 10.3.